The standard InChI is InChI=1S/C11H19N3O3/c1-15-5-6-16-3-2-4-17-11-9-13-8-10(7-12)14-11/h8-9H,2-7,12H2,1H3. The summed E-state index contributed by atoms with van der Waals surface area (Å²) in [5.74, 6) is 0.504. The van der Waals surface area contributed by atoms with E-state index in [4.69, 9.17) is 19.9 Å². The second-order valence-electron chi connectivity index (χ2n) is 3.36. The third-order valence-electron chi connectivity index (χ3n) is 1.99. The molecule has 96 valence electrons. The maximum Gasteiger partial charge on any atom is 0.232 e. The van der Waals surface area contributed by atoms with Crippen LogP contribution in [0.3, 0.4) is 0 Å². The van der Waals surface area contributed by atoms with Crippen LogP contribution in [0.15, 0.2) is 12.4 Å². The van der Waals surface area contributed by atoms with Crippen LogP contribution in [0.5, 0.6) is 5.88 Å². The predicted molar refractivity (Wildman–Crippen MR) is 62.7 cm³/mol. The fourth-order valence-electron chi connectivity index (χ4n) is 1.14. The molecule has 0 aliphatic carbocycles. The van der Waals surface area contributed by atoms with Crippen molar-refractivity contribution in [2.45, 2.75) is 13.0 Å². The molecule has 0 amide bonds. The zero-order valence-electron chi connectivity index (χ0n) is 10.1. The van der Waals surface area contributed by atoms with Gasteiger partial charge in [0.1, 0.15) is 0 Å². The summed E-state index contributed by atoms with van der Waals surface area (Å²) in [4.78, 5) is 8.15. The topological polar surface area (TPSA) is 79.5 Å². The Morgan fingerprint density at radius 2 is 2.06 bits per heavy atom. The monoisotopic (exact) mass is 241 g/mol. The number of nitrogens with two attached hydrogens (primary N) is 1. The number of methoxy groups -OCH3 is 1. The van der Waals surface area contributed by atoms with Crippen LogP contribution in [0.2, 0.25) is 0 Å². The molecule has 6 heteroatoms. The molecular weight excluding hydrogens is 222 g/mol. The van der Waals surface area contributed by atoms with Crippen LogP contribution in [-0.2, 0) is 16.0 Å². The Hall–Kier alpha value is -1.24. The van der Waals surface area contributed by atoms with E-state index < -0.39 is 0 Å². The van der Waals surface area contributed by atoms with E-state index in [1.54, 1.807) is 19.5 Å². The molecule has 1 aromatic heterocycles. The molecule has 0 aliphatic rings. The largest absolute Gasteiger partial charge is 0.476 e. The third kappa shape index (κ3) is 6.15. The molecule has 0 atom stereocenters. The lowest BCUT2D eigenvalue weighted by molar-refractivity contribution is 0.0641. The number of hydrogen-bond donors (Lipinski definition) is 1. The number of aromatic nitrogens is 2. The van der Waals surface area contributed by atoms with Gasteiger partial charge in [-0.05, 0) is 0 Å². The van der Waals surface area contributed by atoms with Gasteiger partial charge >= 0.3 is 0 Å². The molecule has 1 rings (SSSR count). The van der Waals surface area contributed by atoms with E-state index in [1.165, 1.54) is 0 Å². The van der Waals surface area contributed by atoms with Gasteiger partial charge < -0.3 is 19.9 Å². The van der Waals surface area contributed by atoms with Crippen LogP contribution in [0.4, 0.5) is 0 Å². The lowest BCUT2D eigenvalue weighted by Gasteiger charge is -2.06. The Morgan fingerprint density at radius 1 is 1.18 bits per heavy atom. The lowest BCUT2D eigenvalue weighted by Crippen LogP contribution is -2.08. The quantitative estimate of drug-likeness (QED) is 0.629. The Labute approximate surface area is 101 Å². The van der Waals surface area contributed by atoms with Crippen molar-refractivity contribution < 1.29 is 14.2 Å². The molecule has 0 spiro atoms. The first kappa shape index (κ1) is 13.8. The van der Waals surface area contributed by atoms with E-state index in [0.29, 0.717) is 38.9 Å². The van der Waals surface area contributed by atoms with Crippen molar-refractivity contribution in [3.05, 3.63) is 18.1 Å². The van der Waals surface area contributed by atoms with E-state index in [1.807, 2.05) is 0 Å². The summed E-state index contributed by atoms with van der Waals surface area (Å²) in [6.45, 7) is 2.79. The van der Waals surface area contributed by atoms with Crippen molar-refractivity contribution in [1.29, 1.82) is 0 Å². The van der Waals surface area contributed by atoms with Crippen molar-refractivity contribution in [2.75, 3.05) is 33.5 Å². The molecule has 0 aromatic carbocycles. The van der Waals surface area contributed by atoms with E-state index in [0.717, 1.165) is 12.1 Å². The summed E-state index contributed by atoms with van der Waals surface area (Å²) in [5.41, 5.74) is 6.17. The van der Waals surface area contributed by atoms with E-state index >= 15 is 0 Å². The smallest absolute Gasteiger partial charge is 0.232 e. The predicted octanol–water partition coefficient (Wildman–Crippen LogP) is 0.367. The molecule has 0 fully saturated rings. The van der Waals surface area contributed by atoms with Gasteiger partial charge in [0.25, 0.3) is 0 Å². The first-order valence-electron chi connectivity index (χ1n) is 5.57. The molecule has 6 nitrogen and oxygen atoms in total. The molecule has 0 saturated heterocycles. The molecular formula is C11H19N3O3. The van der Waals surface area contributed by atoms with Crippen LogP contribution in [0.1, 0.15) is 12.1 Å². The van der Waals surface area contributed by atoms with Gasteiger partial charge in [0.2, 0.25) is 5.88 Å². The van der Waals surface area contributed by atoms with Crippen molar-refractivity contribution in [2.24, 2.45) is 5.73 Å². The summed E-state index contributed by atoms with van der Waals surface area (Å²) in [5, 5.41) is 0. The highest BCUT2D eigenvalue weighted by atomic mass is 16.5. The minimum Gasteiger partial charge on any atom is -0.476 e. The number of nitrogens with zero attached hydrogens (tertiary/aromatic N) is 2. The highest BCUT2D eigenvalue weighted by Crippen LogP contribution is 2.04. The third-order valence-corrected chi connectivity index (χ3v) is 1.99. The first-order valence-corrected chi connectivity index (χ1v) is 5.57. The second kappa shape index (κ2) is 8.86. The van der Waals surface area contributed by atoms with Crippen molar-refractivity contribution >= 4 is 0 Å². The fraction of sp³-hybridized carbons (Fsp3) is 0.636. The summed E-state index contributed by atoms with van der Waals surface area (Å²) < 4.78 is 15.6. The highest BCUT2D eigenvalue weighted by Gasteiger charge is 1.98. The Balaban J connectivity index is 2.09. The molecule has 1 heterocycles. The van der Waals surface area contributed by atoms with Gasteiger partial charge in [-0.25, -0.2) is 4.98 Å². The Kier molecular flexibility index (Phi) is 7.20. The van der Waals surface area contributed by atoms with Crippen molar-refractivity contribution in [1.82, 2.24) is 9.97 Å². The summed E-state index contributed by atoms with van der Waals surface area (Å²) in [7, 11) is 1.65. The molecule has 2 N–H and O–H groups in total. The fourth-order valence-corrected chi connectivity index (χ4v) is 1.14. The van der Waals surface area contributed by atoms with Crippen LogP contribution >= 0.6 is 0 Å². The first-order chi connectivity index (χ1) is 8.36. The van der Waals surface area contributed by atoms with Crippen LogP contribution in [0, 0.1) is 0 Å². The number of hydrogen-bond acceptors (Lipinski definition) is 6. The van der Waals surface area contributed by atoms with Gasteiger partial charge in [0, 0.05) is 32.9 Å². The lowest BCUT2D eigenvalue weighted by atomic mass is 10.4. The maximum absolute atomic E-state index is 5.45. The Morgan fingerprint density at radius 3 is 2.82 bits per heavy atom. The van der Waals surface area contributed by atoms with Crippen LogP contribution in [-0.4, -0.2) is 43.5 Å². The molecule has 0 aliphatic heterocycles. The summed E-state index contributed by atoms with van der Waals surface area (Å²) in [6, 6.07) is 0. The highest BCUT2D eigenvalue weighted by molar-refractivity contribution is 5.07. The van der Waals surface area contributed by atoms with Gasteiger partial charge in [-0.2, -0.15) is 0 Å². The van der Waals surface area contributed by atoms with Crippen LogP contribution in [0.25, 0.3) is 0 Å². The normalized spacial score (nSPS) is 10.5. The minimum absolute atomic E-state index is 0.365. The molecule has 0 saturated carbocycles. The van der Waals surface area contributed by atoms with Crippen molar-refractivity contribution in [3.8, 4) is 5.88 Å². The molecule has 17 heavy (non-hydrogen) atoms. The SMILES string of the molecule is COCCOCCCOc1cncc(CN)n1. The van der Waals surface area contributed by atoms with E-state index in [2.05, 4.69) is 9.97 Å². The molecule has 1 aromatic rings. The zero-order chi connectivity index (χ0) is 12.3. The molecule has 0 bridgehead atoms. The number of rotatable bonds is 9. The average Bonchev–Trinajstić information content (AvgIpc) is 2.38. The molecule has 0 unspecified atom stereocenters. The van der Waals surface area contributed by atoms with Gasteiger partial charge in [-0.15, -0.1) is 0 Å². The number of ether oxygens (including phenoxy) is 3. The zero-order valence-corrected chi connectivity index (χ0v) is 10.1. The van der Waals surface area contributed by atoms with Gasteiger partial charge in [-0.1, -0.05) is 0 Å². The minimum atomic E-state index is 0.365. The van der Waals surface area contributed by atoms with Gasteiger partial charge in [0.05, 0.1) is 31.7 Å². The summed E-state index contributed by atoms with van der Waals surface area (Å²) >= 11 is 0. The van der Waals surface area contributed by atoms with Crippen molar-refractivity contribution in [3.63, 3.8) is 0 Å². The average molecular weight is 241 g/mol. The van der Waals surface area contributed by atoms with Gasteiger partial charge in [-0.3, -0.25) is 4.98 Å². The molecule has 0 radical (unpaired) electrons. The van der Waals surface area contributed by atoms with E-state index in [9.17, 15) is 0 Å². The van der Waals surface area contributed by atoms with Gasteiger partial charge in [0.15, 0.2) is 0 Å². The summed E-state index contributed by atoms with van der Waals surface area (Å²) in [6.07, 6.45) is 4.00. The second-order valence-corrected chi connectivity index (χ2v) is 3.36. The van der Waals surface area contributed by atoms with Crippen LogP contribution < -0.4 is 10.5 Å². The Bertz CT molecular complexity index is 310. The maximum atomic E-state index is 5.45. The van der Waals surface area contributed by atoms with E-state index in [-0.39, 0.29) is 0 Å².